The molecule has 0 aliphatic rings. The molecule has 0 aliphatic carbocycles. The number of nitrogens with zero attached hydrogens (tertiary/aromatic N) is 1. The van der Waals surface area contributed by atoms with Crippen LogP contribution < -0.4 is 10.6 Å². The highest BCUT2D eigenvalue weighted by Crippen LogP contribution is 2.34. The molecule has 0 saturated heterocycles. The predicted molar refractivity (Wildman–Crippen MR) is 121 cm³/mol. The quantitative estimate of drug-likeness (QED) is 0.439. The Kier molecular flexibility index (Phi) is 6.15. The van der Waals surface area contributed by atoms with Crippen LogP contribution in [-0.2, 0) is 9.47 Å². The van der Waals surface area contributed by atoms with Crippen LogP contribution in [0.25, 0.3) is 10.2 Å². The van der Waals surface area contributed by atoms with Gasteiger partial charge in [0.15, 0.2) is 10.2 Å². The Hall–Kier alpha value is -2.56. The van der Waals surface area contributed by atoms with Crippen molar-refractivity contribution in [1.29, 1.82) is 0 Å². The van der Waals surface area contributed by atoms with E-state index < -0.39 is 11.9 Å². The van der Waals surface area contributed by atoms with E-state index in [1.54, 1.807) is 6.92 Å². The fraction of sp³-hybridized carbons (Fsp3) is 0.263. The maximum atomic E-state index is 12.2. The number of hydrogen-bond donors (Lipinski definition) is 2. The molecule has 2 aromatic heterocycles. The lowest BCUT2D eigenvalue weighted by Gasteiger charge is -2.08. The highest BCUT2D eigenvalue weighted by Gasteiger charge is 2.26. The van der Waals surface area contributed by atoms with Crippen molar-refractivity contribution in [2.75, 3.05) is 24.9 Å². The number of methoxy groups -OCH3 is 2. The molecule has 7 nitrogen and oxygen atoms in total. The van der Waals surface area contributed by atoms with Crippen LogP contribution in [0.5, 0.6) is 0 Å². The lowest BCUT2D eigenvalue weighted by Crippen LogP contribution is -2.20. The van der Waals surface area contributed by atoms with Gasteiger partial charge in [0.05, 0.1) is 30.0 Å². The molecular formula is C19H19N3O4S3. The number of anilines is 2. The van der Waals surface area contributed by atoms with Gasteiger partial charge in [-0.2, -0.15) is 0 Å². The first-order valence-electron chi connectivity index (χ1n) is 8.51. The zero-order valence-electron chi connectivity index (χ0n) is 16.5. The van der Waals surface area contributed by atoms with Crippen LogP contribution in [0.15, 0.2) is 12.1 Å². The SMILES string of the molecule is COC(=O)c1sc(NC(=S)Nc2nc3cc(C)c(C)cc3s2)c(C(=O)OC)c1C. The van der Waals surface area contributed by atoms with E-state index in [4.69, 9.17) is 21.7 Å². The summed E-state index contributed by atoms with van der Waals surface area (Å²) in [5, 5.41) is 7.30. The van der Waals surface area contributed by atoms with Gasteiger partial charge in [0, 0.05) is 0 Å². The van der Waals surface area contributed by atoms with Crippen molar-refractivity contribution in [1.82, 2.24) is 4.98 Å². The van der Waals surface area contributed by atoms with Crippen molar-refractivity contribution in [2.45, 2.75) is 20.8 Å². The number of thiophene rings is 1. The van der Waals surface area contributed by atoms with Crippen LogP contribution in [0.1, 0.15) is 36.7 Å². The molecule has 1 aromatic carbocycles. The van der Waals surface area contributed by atoms with Crippen molar-refractivity contribution in [3.05, 3.63) is 39.3 Å². The van der Waals surface area contributed by atoms with Crippen molar-refractivity contribution in [3.8, 4) is 0 Å². The molecule has 0 saturated carbocycles. The third-order valence-corrected chi connectivity index (χ3v) is 6.68. The molecule has 0 fully saturated rings. The van der Waals surface area contributed by atoms with Gasteiger partial charge >= 0.3 is 11.9 Å². The Morgan fingerprint density at radius 2 is 1.66 bits per heavy atom. The lowest BCUT2D eigenvalue weighted by molar-refractivity contribution is 0.0601. The fourth-order valence-electron chi connectivity index (χ4n) is 2.70. The Bertz CT molecular complexity index is 1090. The zero-order valence-corrected chi connectivity index (χ0v) is 18.9. The van der Waals surface area contributed by atoms with Crippen molar-refractivity contribution in [3.63, 3.8) is 0 Å². The van der Waals surface area contributed by atoms with Crippen molar-refractivity contribution >= 4 is 72.3 Å². The van der Waals surface area contributed by atoms with E-state index >= 15 is 0 Å². The van der Waals surface area contributed by atoms with Crippen LogP contribution >= 0.6 is 34.9 Å². The fourth-order valence-corrected chi connectivity index (χ4v) is 5.10. The summed E-state index contributed by atoms with van der Waals surface area (Å²) in [6.07, 6.45) is 0. The summed E-state index contributed by atoms with van der Waals surface area (Å²) in [6.45, 7) is 5.76. The molecule has 0 unspecified atom stereocenters. The first kappa shape index (κ1) is 21.2. The van der Waals surface area contributed by atoms with E-state index in [1.807, 2.05) is 13.0 Å². The second kappa shape index (κ2) is 8.44. The standard InChI is InChI=1S/C19H19N3O4S3/c1-8-6-11-12(7-9(8)2)28-19(20-11)22-18(27)21-15-13(16(23)25-4)10(3)14(29-15)17(24)26-5/h6-7H,1-5H3,(H2,20,21,22,27). The third-order valence-electron chi connectivity index (χ3n) is 4.36. The highest BCUT2D eigenvalue weighted by atomic mass is 32.1. The summed E-state index contributed by atoms with van der Waals surface area (Å²) >= 11 is 7.94. The first-order valence-corrected chi connectivity index (χ1v) is 10.5. The molecule has 152 valence electrons. The summed E-state index contributed by atoms with van der Waals surface area (Å²) in [4.78, 5) is 29.1. The molecule has 0 bridgehead atoms. The van der Waals surface area contributed by atoms with Gasteiger partial charge in [0.2, 0.25) is 0 Å². The van der Waals surface area contributed by atoms with Crippen LogP contribution in [0.2, 0.25) is 0 Å². The molecule has 0 atom stereocenters. The average Bonchev–Trinajstić information content (AvgIpc) is 3.20. The van der Waals surface area contributed by atoms with Crippen molar-refractivity contribution in [2.24, 2.45) is 0 Å². The number of nitrogens with one attached hydrogen (secondary N) is 2. The molecule has 3 aromatic rings. The van der Waals surface area contributed by atoms with Gasteiger partial charge in [-0.15, -0.1) is 11.3 Å². The highest BCUT2D eigenvalue weighted by molar-refractivity contribution is 7.80. The number of benzene rings is 1. The number of aromatic nitrogens is 1. The largest absolute Gasteiger partial charge is 0.465 e. The number of hydrogen-bond acceptors (Lipinski definition) is 8. The van der Waals surface area contributed by atoms with E-state index in [0.717, 1.165) is 21.6 Å². The number of thiazole rings is 1. The Labute approximate surface area is 181 Å². The predicted octanol–water partition coefficient (Wildman–Crippen LogP) is 4.67. The monoisotopic (exact) mass is 449 g/mol. The molecule has 10 heteroatoms. The van der Waals surface area contributed by atoms with Gasteiger partial charge in [-0.1, -0.05) is 11.3 Å². The van der Waals surface area contributed by atoms with Gasteiger partial charge in [-0.25, -0.2) is 14.6 Å². The van der Waals surface area contributed by atoms with Gasteiger partial charge in [-0.05, 0) is 61.8 Å². The number of thiocarbonyl (C=S) groups is 1. The number of rotatable bonds is 4. The van der Waals surface area contributed by atoms with Crippen LogP contribution in [0.4, 0.5) is 10.1 Å². The summed E-state index contributed by atoms with van der Waals surface area (Å²) in [5.41, 5.74) is 3.98. The molecule has 2 N–H and O–H groups in total. The smallest absolute Gasteiger partial charge is 0.348 e. The molecule has 0 aliphatic heterocycles. The second-order valence-electron chi connectivity index (χ2n) is 6.25. The molecular weight excluding hydrogens is 430 g/mol. The molecule has 2 heterocycles. The number of fused-ring (bicyclic) bond motifs is 1. The molecule has 0 radical (unpaired) electrons. The number of aryl methyl sites for hydroxylation is 2. The summed E-state index contributed by atoms with van der Waals surface area (Å²) in [7, 11) is 2.57. The maximum Gasteiger partial charge on any atom is 0.348 e. The number of carbonyl (C=O) groups excluding carboxylic acids is 2. The molecule has 29 heavy (non-hydrogen) atoms. The first-order chi connectivity index (χ1) is 13.7. The minimum atomic E-state index is -0.565. The van der Waals surface area contributed by atoms with Gasteiger partial charge in [0.1, 0.15) is 9.88 Å². The van der Waals surface area contributed by atoms with Crippen molar-refractivity contribution < 1.29 is 19.1 Å². The number of carbonyl (C=O) groups is 2. The number of esters is 2. The second-order valence-corrected chi connectivity index (χ2v) is 8.71. The Morgan fingerprint density at radius 3 is 2.31 bits per heavy atom. The van der Waals surface area contributed by atoms with Crippen LogP contribution in [0.3, 0.4) is 0 Å². The van der Waals surface area contributed by atoms with Gasteiger partial charge < -0.3 is 20.1 Å². The Morgan fingerprint density at radius 1 is 1.00 bits per heavy atom. The van der Waals surface area contributed by atoms with Gasteiger partial charge in [0.25, 0.3) is 0 Å². The van der Waals surface area contributed by atoms with E-state index in [1.165, 1.54) is 36.7 Å². The van der Waals surface area contributed by atoms with Crippen LogP contribution in [0, 0.1) is 20.8 Å². The normalized spacial score (nSPS) is 10.7. The molecule has 0 amide bonds. The van der Waals surface area contributed by atoms with E-state index in [2.05, 4.69) is 28.6 Å². The minimum absolute atomic E-state index is 0.248. The zero-order chi connectivity index (χ0) is 21.3. The lowest BCUT2D eigenvalue weighted by atomic mass is 10.1. The topological polar surface area (TPSA) is 89.5 Å². The minimum Gasteiger partial charge on any atom is -0.465 e. The molecule has 3 rings (SSSR count). The summed E-state index contributed by atoms with van der Waals surface area (Å²) < 4.78 is 10.7. The maximum absolute atomic E-state index is 12.2. The summed E-state index contributed by atoms with van der Waals surface area (Å²) in [6, 6.07) is 4.12. The number of ether oxygens (including phenoxy) is 2. The third kappa shape index (κ3) is 4.24. The average molecular weight is 450 g/mol. The summed E-state index contributed by atoms with van der Waals surface area (Å²) in [5.74, 6) is -1.09. The van der Waals surface area contributed by atoms with Crippen LogP contribution in [-0.4, -0.2) is 36.3 Å². The van der Waals surface area contributed by atoms with E-state index in [9.17, 15) is 9.59 Å². The Balaban J connectivity index is 1.86. The molecule has 0 spiro atoms. The van der Waals surface area contributed by atoms with Gasteiger partial charge in [-0.3, -0.25) is 0 Å². The van der Waals surface area contributed by atoms with E-state index in [0.29, 0.717) is 20.6 Å². The van der Waals surface area contributed by atoms with E-state index in [-0.39, 0.29) is 10.7 Å².